The van der Waals surface area contributed by atoms with Crippen molar-refractivity contribution in [3.63, 3.8) is 0 Å². The van der Waals surface area contributed by atoms with Crippen LogP contribution in [0.2, 0.25) is 0 Å². The lowest BCUT2D eigenvalue weighted by Gasteiger charge is -2.23. The van der Waals surface area contributed by atoms with Gasteiger partial charge in [0.2, 0.25) is 0 Å². The number of benzene rings is 1. The quantitative estimate of drug-likeness (QED) is 0.873. The highest BCUT2D eigenvalue weighted by molar-refractivity contribution is 5.60. The van der Waals surface area contributed by atoms with Gasteiger partial charge < -0.3 is 10.2 Å². The van der Waals surface area contributed by atoms with Crippen molar-refractivity contribution in [3.8, 4) is 0 Å². The number of nitrogens with zero attached hydrogens (tertiary/aromatic N) is 1. The van der Waals surface area contributed by atoms with E-state index in [2.05, 4.69) is 5.32 Å². The molecule has 0 aromatic heterocycles. The van der Waals surface area contributed by atoms with E-state index in [0.717, 1.165) is 6.07 Å². The minimum Gasteiger partial charge on any atom is -0.388 e. The summed E-state index contributed by atoms with van der Waals surface area (Å²) in [7, 11) is 1.61. The SMILES string of the molecule is CCN(CC)c1cc(NC)cc(C(F)(F)F)c1. The van der Waals surface area contributed by atoms with Crippen LogP contribution in [-0.4, -0.2) is 20.1 Å². The Bertz CT molecular complexity index is 371. The van der Waals surface area contributed by atoms with Crippen LogP contribution >= 0.6 is 0 Å². The van der Waals surface area contributed by atoms with E-state index in [0.29, 0.717) is 24.5 Å². The van der Waals surface area contributed by atoms with Crippen molar-refractivity contribution in [3.05, 3.63) is 23.8 Å². The minimum atomic E-state index is -4.31. The van der Waals surface area contributed by atoms with Gasteiger partial charge in [0.25, 0.3) is 0 Å². The Kier molecular flexibility index (Phi) is 4.26. The Hall–Kier alpha value is -1.39. The van der Waals surface area contributed by atoms with Crippen molar-refractivity contribution < 1.29 is 13.2 Å². The van der Waals surface area contributed by atoms with E-state index in [-0.39, 0.29) is 0 Å². The molecule has 1 aromatic rings. The molecule has 0 spiro atoms. The van der Waals surface area contributed by atoms with Crippen molar-refractivity contribution in [2.24, 2.45) is 0 Å². The lowest BCUT2D eigenvalue weighted by molar-refractivity contribution is -0.137. The molecule has 1 aromatic carbocycles. The van der Waals surface area contributed by atoms with Gasteiger partial charge in [-0.25, -0.2) is 0 Å². The number of anilines is 2. The molecule has 0 atom stereocenters. The molecule has 0 radical (unpaired) electrons. The predicted octanol–water partition coefficient (Wildman–Crippen LogP) is 3.59. The zero-order chi connectivity index (χ0) is 13.1. The molecule has 96 valence electrons. The van der Waals surface area contributed by atoms with Gasteiger partial charge in [-0.3, -0.25) is 0 Å². The summed E-state index contributed by atoms with van der Waals surface area (Å²) in [5, 5.41) is 2.76. The van der Waals surface area contributed by atoms with Crippen LogP contribution in [0.15, 0.2) is 18.2 Å². The molecule has 0 heterocycles. The third-order valence-corrected chi connectivity index (χ3v) is 2.66. The Labute approximate surface area is 99.4 Å². The second-order valence-corrected chi connectivity index (χ2v) is 3.69. The molecular weight excluding hydrogens is 229 g/mol. The molecule has 0 amide bonds. The van der Waals surface area contributed by atoms with Gasteiger partial charge >= 0.3 is 6.18 Å². The van der Waals surface area contributed by atoms with E-state index in [1.54, 1.807) is 13.1 Å². The van der Waals surface area contributed by atoms with Gasteiger partial charge in [-0.15, -0.1) is 0 Å². The molecule has 0 aliphatic carbocycles. The summed E-state index contributed by atoms with van der Waals surface area (Å²) in [6.45, 7) is 5.20. The molecule has 0 saturated carbocycles. The third kappa shape index (κ3) is 3.28. The van der Waals surface area contributed by atoms with Crippen LogP contribution in [0.5, 0.6) is 0 Å². The van der Waals surface area contributed by atoms with E-state index < -0.39 is 11.7 Å². The van der Waals surface area contributed by atoms with Crippen molar-refractivity contribution in [1.29, 1.82) is 0 Å². The second-order valence-electron chi connectivity index (χ2n) is 3.69. The monoisotopic (exact) mass is 246 g/mol. The summed E-state index contributed by atoms with van der Waals surface area (Å²) in [4.78, 5) is 1.88. The molecule has 0 aliphatic rings. The van der Waals surface area contributed by atoms with Crippen LogP contribution < -0.4 is 10.2 Å². The average Bonchev–Trinajstić information content (AvgIpc) is 2.29. The maximum atomic E-state index is 12.7. The zero-order valence-corrected chi connectivity index (χ0v) is 10.2. The van der Waals surface area contributed by atoms with Crippen molar-refractivity contribution in [2.75, 3.05) is 30.4 Å². The maximum Gasteiger partial charge on any atom is 0.416 e. The van der Waals surface area contributed by atoms with Crippen LogP contribution in [0.3, 0.4) is 0 Å². The molecule has 1 rings (SSSR count). The van der Waals surface area contributed by atoms with Crippen LogP contribution in [0.1, 0.15) is 19.4 Å². The highest BCUT2D eigenvalue weighted by Crippen LogP contribution is 2.34. The first-order chi connectivity index (χ1) is 7.92. The fraction of sp³-hybridized carbons (Fsp3) is 0.500. The molecule has 0 fully saturated rings. The van der Waals surface area contributed by atoms with Crippen molar-refractivity contribution in [1.82, 2.24) is 0 Å². The second kappa shape index (κ2) is 5.29. The average molecular weight is 246 g/mol. The van der Waals surface area contributed by atoms with Crippen LogP contribution in [0.25, 0.3) is 0 Å². The van der Waals surface area contributed by atoms with Crippen LogP contribution in [0.4, 0.5) is 24.5 Å². The topological polar surface area (TPSA) is 15.3 Å². The summed E-state index contributed by atoms with van der Waals surface area (Å²) >= 11 is 0. The molecule has 0 unspecified atom stereocenters. The molecule has 0 aliphatic heterocycles. The first-order valence-electron chi connectivity index (χ1n) is 5.57. The van der Waals surface area contributed by atoms with Crippen LogP contribution in [0, 0.1) is 0 Å². The van der Waals surface area contributed by atoms with Gasteiger partial charge in [0.05, 0.1) is 5.56 Å². The first-order valence-corrected chi connectivity index (χ1v) is 5.57. The smallest absolute Gasteiger partial charge is 0.388 e. The van der Waals surface area contributed by atoms with E-state index >= 15 is 0 Å². The molecular formula is C12H17F3N2. The number of nitrogens with one attached hydrogen (secondary N) is 1. The third-order valence-electron chi connectivity index (χ3n) is 2.66. The number of hydrogen-bond donors (Lipinski definition) is 1. The highest BCUT2D eigenvalue weighted by Gasteiger charge is 2.31. The van der Waals surface area contributed by atoms with Crippen LogP contribution in [-0.2, 0) is 6.18 Å². The molecule has 2 nitrogen and oxygen atoms in total. The lowest BCUT2D eigenvalue weighted by atomic mass is 10.1. The van der Waals surface area contributed by atoms with E-state index in [1.165, 1.54) is 6.07 Å². The lowest BCUT2D eigenvalue weighted by Crippen LogP contribution is -2.22. The van der Waals surface area contributed by atoms with Crippen molar-refractivity contribution >= 4 is 11.4 Å². The van der Waals surface area contributed by atoms with Gasteiger partial charge in [-0.2, -0.15) is 13.2 Å². The Balaban J connectivity index is 3.22. The van der Waals surface area contributed by atoms with Gasteiger partial charge in [0, 0.05) is 31.5 Å². The Morgan fingerprint density at radius 3 is 2.12 bits per heavy atom. The Morgan fingerprint density at radius 2 is 1.71 bits per heavy atom. The molecule has 5 heteroatoms. The predicted molar refractivity (Wildman–Crippen MR) is 64.6 cm³/mol. The summed E-state index contributed by atoms with van der Waals surface area (Å²) in [5.41, 5.74) is 0.446. The minimum absolute atomic E-state index is 0.474. The summed E-state index contributed by atoms with van der Waals surface area (Å²) in [5.74, 6) is 0. The molecule has 0 bridgehead atoms. The number of halogens is 3. The Morgan fingerprint density at radius 1 is 1.12 bits per heavy atom. The van der Waals surface area contributed by atoms with E-state index in [4.69, 9.17) is 0 Å². The maximum absolute atomic E-state index is 12.7. The fourth-order valence-electron chi connectivity index (χ4n) is 1.69. The van der Waals surface area contributed by atoms with Gasteiger partial charge in [-0.05, 0) is 32.0 Å². The number of hydrogen-bond acceptors (Lipinski definition) is 2. The first kappa shape index (κ1) is 13.7. The van der Waals surface area contributed by atoms with E-state index in [1.807, 2.05) is 18.7 Å². The standard InChI is InChI=1S/C12H17F3N2/c1-4-17(5-2)11-7-9(12(13,14)15)6-10(8-11)16-3/h6-8,16H,4-5H2,1-3H3. The number of alkyl halides is 3. The molecule has 17 heavy (non-hydrogen) atoms. The largest absolute Gasteiger partial charge is 0.416 e. The van der Waals surface area contributed by atoms with E-state index in [9.17, 15) is 13.2 Å². The summed E-state index contributed by atoms with van der Waals surface area (Å²) in [6.07, 6.45) is -4.31. The normalized spacial score (nSPS) is 11.4. The summed E-state index contributed by atoms with van der Waals surface area (Å²) < 4.78 is 38.1. The van der Waals surface area contributed by atoms with Gasteiger partial charge in [0.1, 0.15) is 0 Å². The molecule has 1 N–H and O–H groups in total. The van der Waals surface area contributed by atoms with Crippen molar-refractivity contribution in [2.45, 2.75) is 20.0 Å². The van der Waals surface area contributed by atoms with Gasteiger partial charge in [-0.1, -0.05) is 0 Å². The highest BCUT2D eigenvalue weighted by atomic mass is 19.4. The summed E-state index contributed by atoms with van der Waals surface area (Å²) in [6, 6.07) is 4.03. The number of rotatable bonds is 4. The fourth-order valence-corrected chi connectivity index (χ4v) is 1.69. The molecule has 0 saturated heterocycles. The zero-order valence-electron chi connectivity index (χ0n) is 10.2. The van der Waals surface area contributed by atoms with Gasteiger partial charge in [0.15, 0.2) is 0 Å².